The van der Waals surface area contributed by atoms with E-state index in [0.29, 0.717) is 5.56 Å². The minimum atomic E-state index is -0.876. The molecule has 2 aromatic rings. The van der Waals surface area contributed by atoms with Gasteiger partial charge in [-0.25, -0.2) is 4.79 Å². The smallest absolute Gasteiger partial charge is 0.335 e. The van der Waals surface area contributed by atoms with Crippen LogP contribution in [0.1, 0.15) is 27.0 Å². The number of aryl methyl sites for hydroxylation is 1. The molecule has 2 rings (SSSR count). The van der Waals surface area contributed by atoms with Gasteiger partial charge in [0.1, 0.15) is 0 Å². The summed E-state index contributed by atoms with van der Waals surface area (Å²) in [6.07, 6.45) is 0. The zero-order chi connectivity index (χ0) is 13.7. The first kappa shape index (κ1) is 13.7. The molecule has 0 fully saturated rings. The Labute approximate surface area is 117 Å². The van der Waals surface area contributed by atoms with Gasteiger partial charge in [0.15, 0.2) is 0 Å². The van der Waals surface area contributed by atoms with Crippen LogP contribution in [0.15, 0.2) is 48.5 Å². The van der Waals surface area contributed by atoms with E-state index in [0.717, 1.165) is 17.1 Å². The van der Waals surface area contributed by atoms with Gasteiger partial charge < -0.3 is 5.11 Å². The number of thioether (sulfide) groups is 1. The SMILES string of the molecule is Cc1ccc(CSCc2ccc(C(=O)O)cc2)cc1. The Morgan fingerprint density at radius 3 is 1.89 bits per heavy atom. The van der Waals surface area contributed by atoms with Crippen molar-refractivity contribution < 1.29 is 9.90 Å². The van der Waals surface area contributed by atoms with E-state index >= 15 is 0 Å². The van der Waals surface area contributed by atoms with E-state index in [4.69, 9.17) is 5.11 Å². The summed E-state index contributed by atoms with van der Waals surface area (Å²) in [5, 5.41) is 8.82. The van der Waals surface area contributed by atoms with Crippen molar-refractivity contribution in [2.75, 3.05) is 0 Å². The molecule has 98 valence electrons. The third-order valence-electron chi connectivity index (χ3n) is 2.86. The van der Waals surface area contributed by atoms with E-state index in [9.17, 15) is 4.79 Å². The molecular weight excluding hydrogens is 256 g/mol. The first-order valence-corrected chi connectivity index (χ1v) is 7.26. The fraction of sp³-hybridized carbons (Fsp3) is 0.188. The Morgan fingerprint density at radius 1 is 0.947 bits per heavy atom. The maximum atomic E-state index is 10.7. The highest BCUT2D eigenvalue weighted by Crippen LogP contribution is 2.18. The molecule has 2 aromatic carbocycles. The van der Waals surface area contributed by atoms with Crippen LogP contribution in [0.3, 0.4) is 0 Å². The lowest BCUT2D eigenvalue weighted by atomic mass is 10.1. The molecule has 0 aliphatic carbocycles. The van der Waals surface area contributed by atoms with Crippen molar-refractivity contribution in [1.82, 2.24) is 0 Å². The summed E-state index contributed by atoms with van der Waals surface area (Å²) in [4.78, 5) is 10.7. The highest BCUT2D eigenvalue weighted by molar-refractivity contribution is 7.97. The number of aromatic carboxylic acids is 1. The Hall–Kier alpha value is -1.74. The van der Waals surface area contributed by atoms with Crippen molar-refractivity contribution in [1.29, 1.82) is 0 Å². The Balaban J connectivity index is 1.85. The summed E-state index contributed by atoms with van der Waals surface area (Å²) in [5.74, 6) is 0.994. The Bertz CT molecular complexity index is 544. The molecule has 0 saturated heterocycles. The lowest BCUT2D eigenvalue weighted by molar-refractivity contribution is 0.0697. The maximum Gasteiger partial charge on any atom is 0.335 e. The molecule has 3 heteroatoms. The first-order valence-electron chi connectivity index (χ1n) is 6.10. The van der Waals surface area contributed by atoms with Gasteiger partial charge in [-0.3, -0.25) is 0 Å². The number of carboxylic acids is 1. The van der Waals surface area contributed by atoms with Crippen molar-refractivity contribution in [3.63, 3.8) is 0 Å². The topological polar surface area (TPSA) is 37.3 Å². The second-order valence-electron chi connectivity index (χ2n) is 4.48. The molecule has 1 N–H and O–H groups in total. The zero-order valence-corrected chi connectivity index (χ0v) is 11.6. The van der Waals surface area contributed by atoms with Gasteiger partial charge in [0.05, 0.1) is 5.56 Å². The van der Waals surface area contributed by atoms with Crippen LogP contribution in [0.4, 0.5) is 0 Å². The number of rotatable bonds is 5. The Kier molecular flexibility index (Phi) is 4.63. The molecule has 0 aliphatic rings. The molecule has 0 saturated carbocycles. The molecule has 2 nitrogen and oxygen atoms in total. The summed E-state index contributed by atoms with van der Waals surface area (Å²) in [7, 11) is 0. The van der Waals surface area contributed by atoms with Gasteiger partial charge in [0.25, 0.3) is 0 Å². The molecule has 0 heterocycles. The minimum Gasteiger partial charge on any atom is -0.478 e. The highest BCUT2D eigenvalue weighted by atomic mass is 32.2. The fourth-order valence-corrected chi connectivity index (χ4v) is 2.67. The molecule has 0 spiro atoms. The van der Waals surface area contributed by atoms with Gasteiger partial charge in [-0.15, -0.1) is 0 Å². The van der Waals surface area contributed by atoms with Crippen molar-refractivity contribution in [2.24, 2.45) is 0 Å². The lowest BCUT2D eigenvalue weighted by Crippen LogP contribution is -1.95. The number of benzene rings is 2. The van der Waals surface area contributed by atoms with Gasteiger partial charge in [-0.1, -0.05) is 42.0 Å². The zero-order valence-electron chi connectivity index (χ0n) is 10.8. The maximum absolute atomic E-state index is 10.7. The summed E-state index contributed by atoms with van der Waals surface area (Å²) in [6.45, 7) is 2.08. The quantitative estimate of drug-likeness (QED) is 0.889. The average molecular weight is 272 g/mol. The molecule has 0 unspecified atom stereocenters. The third kappa shape index (κ3) is 4.14. The Morgan fingerprint density at radius 2 is 1.42 bits per heavy atom. The first-order chi connectivity index (χ1) is 9.15. The standard InChI is InChI=1S/C16H16O2S/c1-12-2-4-13(5-3-12)10-19-11-14-6-8-15(9-7-14)16(17)18/h2-9H,10-11H2,1H3,(H,17,18). The van der Waals surface area contributed by atoms with Gasteiger partial charge in [-0.2, -0.15) is 11.8 Å². The minimum absolute atomic E-state index is 0.340. The van der Waals surface area contributed by atoms with Gasteiger partial charge in [0.2, 0.25) is 0 Å². The van der Waals surface area contributed by atoms with Crippen molar-refractivity contribution in [2.45, 2.75) is 18.4 Å². The van der Waals surface area contributed by atoms with Crippen LogP contribution >= 0.6 is 11.8 Å². The predicted molar refractivity (Wildman–Crippen MR) is 79.6 cm³/mol. The van der Waals surface area contributed by atoms with Crippen LogP contribution in [0.25, 0.3) is 0 Å². The lowest BCUT2D eigenvalue weighted by Gasteiger charge is -2.03. The summed E-state index contributed by atoms with van der Waals surface area (Å²) < 4.78 is 0. The van der Waals surface area contributed by atoms with Crippen LogP contribution in [-0.4, -0.2) is 11.1 Å². The van der Waals surface area contributed by atoms with Crippen LogP contribution < -0.4 is 0 Å². The van der Waals surface area contributed by atoms with Crippen LogP contribution in [0.5, 0.6) is 0 Å². The van der Waals surface area contributed by atoms with Crippen molar-refractivity contribution >= 4 is 17.7 Å². The van der Waals surface area contributed by atoms with Gasteiger partial charge in [0, 0.05) is 11.5 Å². The van der Waals surface area contributed by atoms with Crippen LogP contribution in [0.2, 0.25) is 0 Å². The third-order valence-corrected chi connectivity index (χ3v) is 3.93. The number of carbonyl (C=O) groups is 1. The molecule has 0 aromatic heterocycles. The van der Waals surface area contributed by atoms with E-state index in [2.05, 4.69) is 31.2 Å². The van der Waals surface area contributed by atoms with Gasteiger partial charge >= 0.3 is 5.97 Å². The normalized spacial score (nSPS) is 10.4. The number of carboxylic acid groups (broad SMARTS) is 1. The molecule has 0 atom stereocenters. The monoisotopic (exact) mass is 272 g/mol. The molecule has 0 bridgehead atoms. The summed E-state index contributed by atoms with van der Waals surface area (Å²) in [5.41, 5.74) is 4.09. The van der Waals surface area contributed by atoms with E-state index < -0.39 is 5.97 Å². The summed E-state index contributed by atoms with van der Waals surface area (Å²) in [6, 6.07) is 15.6. The van der Waals surface area contributed by atoms with Crippen LogP contribution in [-0.2, 0) is 11.5 Å². The van der Waals surface area contributed by atoms with Crippen molar-refractivity contribution in [3.8, 4) is 0 Å². The van der Waals surface area contributed by atoms with E-state index in [1.165, 1.54) is 11.1 Å². The van der Waals surface area contributed by atoms with Gasteiger partial charge in [-0.05, 0) is 30.2 Å². The predicted octanol–water partition coefficient (Wildman–Crippen LogP) is 4.13. The second-order valence-corrected chi connectivity index (χ2v) is 5.47. The number of hydrogen-bond donors (Lipinski definition) is 1. The van der Waals surface area contributed by atoms with E-state index in [1.807, 2.05) is 23.9 Å². The largest absolute Gasteiger partial charge is 0.478 e. The second kappa shape index (κ2) is 6.43. The number of hydrogen-bond acceptors (Lipinski definition) is 2. The highest BCUT2D eigenvalue weighted by Gasteiger charge is 2.01. The molecular formula is C16H16O2S. The molecule has 0 radical (unpaired) electrons. The molecule has 0 amide bonds. The molecule has 19 heavy (non-hydrogen) atoms. The van der Waals surface area contributed by atoms with Crippen LogP contribution in [0, 0.1) is 6.92 Å². The summed E-state index contributed by atoms with van der Waals surface area (Å²) >= 11 is 1.83. The van der Waals surface area contributed by atoms with E-state index in [1.54, 1.807) is 12.1 Å². The average Bonchev–Trinajstić information content (AvgIpc) is 2.41. The molecule has 0 aliphatic heterocycles. The fourth-order valence-electron chi connectivity index (χ4n) is 1.71. The van der Waals surface area contributed by atoms with Crippen molar-refractivity contribution in [3.05, 3.63) is 70.8 Å². The van der Waals surface area contributed by atoms with E-state index in [-0.39, 0.29) is 0 Å².